The number of carbonyl (C=O) groups excluding carboxylic acids is 3. The summed E-state index contributed by atoms with van der Waals surface area (Å²) >= 11 is 6.46. The van der Waals surface area contributed by atoms with Crippen LogP contribution < -0.4 is 21.7 Å². The summed E-state index contributed by atoms with van der Waals surface area (Å²) in [5, 5.41) is 31.5. The second-order valence-electron chi connectivity index (χ2n) is 11.2. The van der Waals surface area contributed by atoms with Gasteiger partial charge in [0.1, 0.15) is 6.04 Å². The van der Waals surface area contributed by atoms with Gasteiger partial charge in [-0.2, -0.15) is 5.21 Å². The van der Waals surface area contributed by atoms with E-state index in [1.807, 2.05) is 24.3 Å². The number of rotatable bonds is 11. The highest BCUT2D eigenvalue weighted by molar-refractivity contribution is 6.33. The van der Waals surface area contributed by atoms with E-state index in [1.54, 1.807) is 42.5 Å². The Morgan fingerprint density at radius 2 is 1.74 bits per heavy atom. The van der Waals surface area contributed by atoms with Crippen molar-refractivity contribution >= 4 is 41.1 Å². The molecule has 1 aromatic heterocycles. The van der Waals surface area contributed by atoms with E-state index in [0.29, 0.717) is 65.5 Å². The summed E-state index contributed by atoms with van der Waals surface area (Å²) in [6.45, 7) is 0.350. The summed E-state index contributed by atoms with van der Waals surface area (Å²) in [5.41, 5.74) is 9.11. The Morgan fingerprint density at radius 3 is 2.41 bits per heavy atom. The minimum atomic E-state index is -1.06. The van der Waals surface area contributed by atoms with Crippen LogP contribution in [0.5, 0.6) is 0 Å². The van der Waals surface area contributed by atoms with Crippen molar-refractivity contribution in [2.75, 3.05) is 11.9 Å². The number of primary amides is 1. The highest BCUT2D eigenvalue weighted by Gasteiger charge is 2.30. The zero-order valence-corrected chi connectivity index (χ0v) is 25.5. The molecule has 1 fully saturated rings. The van der Waals surface area contributed by atoms with Gasteiger partial charge in [-0.15, -0.1) is 10.2 Å². The van der Waals surface area contributed by atoms with Crippen LogP contribution in [0, 0.1) is 11.8 Å². The number of nitrogens with zero attached hydrogens (tertiary/aromatic N) is 3. The average Bonchev–Trinajstić information content (AvgIpc) is 3.59. The molecule has 3 aromatic carbocycles. The molecule has 4 amide bonds. The number of tetrazole rings is 1. The van der Waals surface area contributed by atoms with E-state index in [9.17, 15) is 19.2 Å². The van der Waals surface area contributed by atoms with Gasteiger partial charge in [-0.3, -0.25) is 14.4 Å². The standard InChI is InChI=1S/C32H33ClN8O5/c33-26-13-10-23(28(34)42)16-25(26)22-3-1-2-19(14-22)15-27(37-30(43)21-6-4-18(5-7-21)17-35-32(45)46)31(44)36-24-11-8-20(9-12-24)29-38-40-41-39-29/h1-3,8-14,16,18,21,27,35H,4-7,15,17H2,(H2,34,42)(H,36,44)(H,37,43)(H,45,46)(H,38,39,40,41)/t18?,21?,27-/m0/s1. The Kier molecular flexibility index (Phi) is 10.2. The lowest BCUT2D eigenvalue weighted by molar-refractivity contribution is -0.130. The lowest BCUT2D eigenvalue weighted by Gasteiger charge is -2.29. The molecule has 1 saturated carbocycles. The molecule has 1 aliphatic rings. The Balaban J connectivity index is 1.33. The van der Waals surface area contributed by atoms with Crippen molar-refractivity contribution in [2.24, 2.45) is 17.6 Å². The van der Waals surface area contributed by atoms with Crippen LogP contribution in [0.3, 0.4) is 0 Å². The van der Waals surface area contributed by atoms with Crippen LogP contribution in [0.15, 0.2) is 66.7 Å². The Morgan fingerprint density at radius 1 is 0.978 bits per heavy atom. The van der Waals surface area contributed by atoms with E-state index >= 15 is 0 Å². The van der Waals surface area contributed by atoms with Crippen LogP contribution in [0.25, 0.3) is 22.5 Å². The fourth-order valence-corrected chi connectivity index (χ4v) is 5.80. The maximum atomic E-state index is 13.7. The fourth-order valence-electron chi connectivity index (χ4n) is 5.58. The van der Waals surface area contributed by atoms with Gasteiger partial charge in [-0.1, -0.05) is 35.9 Å². The van der Waals surface area contributed by atoms with Gasteiger partial charge in [0, 0.05) is 46.3 Å². The fraction of sp³-hybridized carbons (Fsp3) is 0.281. The highest BCUT2D eigenvalue weighted by atomic mass is 35.5. The van der Waals surface area contributed by atoms with Crippen LogP contribution in [0.2, 0.25) is 5.02 Å². The predicted octanol–water partition coefficient (Wildman–Crippen LogP) is 4.03. The van der Waals surface area contributed by atoms with Crippen molar-refractivity contribution in [1.82, 2.24) is 31.3 Å². The van der Waals surface area contributed by atoms with Gasteiger partial charge in [0.05, 0.1) is 0 Å². The summed E-state index contributed by atoms with van der Waals surface area (Å²) in [6.07, 6.45) is 1.70. The van der Waals surface area contributed by atoms with E-state index < -0.39 is 23.9 Å². The molecule has 14 heteroatoms. The van der Waals surface area contributed by atoms with Gasteiger partial charge in [0.25, 0.3) is 0 Å². The summed E-state index contributed by atoms with van der Waals surface area (Å²) in [7, 11) is 0. The van der Waals surface area contributed by atoms with Crippen LogP contribution in [0.4, 0.5) is 10.5 Å². The average molecular weight is 645 g/mol. The number of amides is 4. The monoisotopic (exact) mass is 644 g/mol. The second kappa shape index (κ2) is 14.7. The molecule has 0 radical (unpaired) electrons. The van der Waals surface area contributed by atoms with E-state index in [4.69, 9.17) is 22.4 Å². The molecule has 0 bridgehead atoms. The number of carboxylic acid groups (broad SMARTS) is 1. The highest BCUT2D eigenvalue weighted by Crippen LogP contribution is 2.31. The number of nitrogens with two attached hydrogens (primary N) is 1. The normalized spacial score (nSPS) is 16.6. The number of hydrogen-bond acceptors (Lipinski definition) is 7. The minimum Gasteiger partial charge on any atom is -0.465 e. The number of carbonyl (C=O) groups is 4. The molecule has 13 nitrogen and oxygen atoms in total. The molecule has 0 unspecified atom stereocenters. The first-order valence-corrected chi connectivity index (χ1v) is 15.1. The summed E-state index contributed by atoms with van der Waals surface area (Å²) in [6, 6.07) is 18.2. The van der Waals surface area contributed by atoms with Gasteiger partial charge in [0.2, 0.25) is 23.5 Å². The molecule has 46 heavy (non-hydrogen) atoms. The molecule has 1 atom stereocenters. The Labute approximate surface area is 269 Å². The van der Waals surface area contributed by atoms with Crippen molar-refractivity contribution in [1.29, 1.82) is 0 Å². The summed E-state index contributed by atoms with van der Waals surface area (Å²) < 4.78 is 0. The van der Waals surface area contributed by atoms with E-state index in [1.165, 1.54) is 0 Å². The molecule has 7 N–H and O–H groups in total. The molecule has 0 aliphatic heterocycles. The van der Waals surface area contributed by atoms with Crippen LogP contribution in [-0.4, -0.2) is 62.1 Å². The van der Waals surface area contributed by atoms with Crippen molar-refractivity contribution in [2.45, 2.75) is 38.1 Å². The lowest BCUT2D eigenvalue weighted by atomic mass is 9.81. The zero-order valence-electron chi connectivity index (χ0n) is 24.7. The van der Waals surface area contributed by atoms with Crippen molar-refractivity contribution in [3.8, 4) is 22.5 Å². The molecule has 5 rings (SSSR count). The Bertz CT molecular complexity index is 1710. The molecule has 238 valence electrons. The lowest BCUT2D eigenvalue weighted by Crippen LogP contribution is -2.48. The number of nitrogens with one attached hydrogen (secondary N) is 4. The molecule has 1 aliphatic carbocycles. The number of hydrogen-bond donors (Lipinski definition) is 6. The quantitative estimate of drug-likeness (QED) is 0.140. The van der Waals surface area contributed by atoms with Gasteiger partial charge in [-0.25, -0.2) is 4.79 Å². The van der Waals surface area contributed by atoms with Crippen molar-refractivity contribution < 1.29 is 24.3 Å². The smallest absolute Gasteiger partial charge is 0.404 e. The predicted molar refractivity (Wildman–Crippen MR) is 171 cm³/mol. The molecule has 4 aromatic rings. The number of anilines is 1. The first-order chi connectivity index (χ1) is 22.2. The van der Waals surface area contributed by atoms with Gasteiger partial charge < -0.3 is 26.8 Å². The van der Waals surface area contributed by atoms with Gasteiger partial charge in [0.15, 0.2) is 0 Å². The molecule has 1 heterocycles. The zero-order chi connectivity index (χ0) is 32.6. The van der Waals surface area contributed by atoms with Crippen molar-refractivity contribution in [3.05, 3.63) is 82.9 Å². The number of aromatic amines is 1. The van der Waals surface area contributed by atoms with Crippen molar-refractivity contribution in [3.63, 3.8) is 0 Å². The minimum absolute atomic E-state index is 0.164. The number of benzene rings is 3. The third-order valence-corrected chi connectivity index (χ3v) is 8.41. The van der Waals surface area contributed by atoms with Crippen LogP contribution >= 0.6 is 11.6 Å². The Hall–Kier alpha value is -5.30. The second-order valence-corrected chi connectivity index (χ2v) is 11.6. The first-order valence-electron chi connectivity index (χ1n) is 14.8. The summed E-state index contributed by atoms with van der Waals surface area (Å²) in [4.78, 5) is 49.8. The topological polar surface area (TPSA) is 205 Å². The summed E-state index contributed by atoms with van der Waals surface area (Å²) in [5.74, 6) is -0.932. The molecule has 0 spiro atoms. The number of aromatic nitrogens is 4. The molecular weight excluding hydrogens is 612 g/mol. The van der Waals surface area contributed by atoms with E-state index in [-0.39, 0.29) is 24.2 Å². The van der Waals surface area contributed by atoms with Crippen LogP contribution in [0.1, 0.15) is 41.6 Å². The van der Waals surface area contributed by atoms with Crippen LogP contribution in [-0.2, 0) is 16.0 Å². The third kappa shape index (κ3) is 8.24. The largest absolute Gasteiger partial charge is 0.465 e. The third-order valence-electron chi connectivity index (χ3n) is 8.08. The van der Waals surface area contributed by atoms with Gasteiger partial charge in [-0.05, 0) is 90.4 Å². The number of halogens is 1. The molecule has 0 saturated heterocycles. The molecular formula is C32H33ClN8O5. The van der Waals surface area contributed by atoms with Gasteiger partial charge >= 0.3 is 6.09 Å². The van der Waals surface area contributed by atoms with E-state index in [0.717, 1.165) is 11.1 Å². The number of H-pyrrole nitrogens is 1. The first kappa shape index (κ1) is 32.1. The maximum Gasteiger partial charge on any atom is 0.404 e. The maximum absolute atomic E-state index is 13.7. The van der Waals surface area contributed by atoms with E-state index in [2.05, 4.69) is 36.6 Å². The SMILES string of the molecule is NC(=O)c1ccc(Cl)c(-c2cccc(C[C@H](NC(=O)C3CCC(CNC(=O)O)CC3)C(=O)Nc3ccc(-c4nn[nH]n4)cc3)c2)c1.